The van der Waals surface area contributed by atoms with Crippen LogP contribution < -0.4 is 10.6 Å². The molecule has 0 aliphatic carbocycles. The molecule has 1 aromatic rings. The molecule has 24 heavy (non-hydrogen) atoms. The summed E-state index contributed by atoms with van der Waals surface area (Å²) in [5, 5.41) is 5.52. The second-order valence-electron chi connectivity index (χ2n) is 6.52. The van der Waals surface area contributed by atoms with Gasteiger partial charge in [0.05, 0.1) is 25.3 Å². The second-order valence-corrected chi connectivity index (χ2v) is 6.52. The van der Waals surface area contributed by atoms with E-state index in [9.17, 15) is 9.59 Å². The topological polar surface area (TPSA) is 70.7 Å². The monoisotopic (exact) mass is 333 g/mol. The van der Waals surface area contributed by atoms with E-state index in [4.69, 9.17) is 4.74 Å². The minimum Gasteiger partial charge on any atom is -0.373 e. The van der Waals surface area contributed by atoms with Crippen molar-refractivity contribution < 1.29 is 14.3 Å². The van der Waals surface area contributed by atoms with Gasteiger partial charge in [0, 0.05) is 18.8 Å². The van der Waals surface area contributed by atoms with E-state index in [0.29, 0.717) is 0 Å². The summed E-state index contributed by atoms with van der Waals surface area (Å²) in [6.45, 7) is 9.67. The fraction of sp³-hybridized carbons (Fsp3) is 0.556. The first-order valence-electron chi connectivity index (χ1n) is 8.35. The highest BCUT2D eigenvalue weighted by Gasteiger charge is 2.23. The Kier molecular flexibility index (Phi) is 6.34. The lowest BCUT2D eigenvalue weighted by atomic mass is 10.1. The van der Waals surface area contributed by atoms with E-state index < -0.39 is 0 Å². The zero-order valence-corrected chi connectivity index (χ0v) is 14.9. The summed E-state index contributed by atoms with van der Waals surface area (Å²) in [5.41, 5.74) is 2.94. The Hall–Kier alpha value is -1.92. The molecule has 1 aliphatic heterocycles. The number of hydrogen-bond acceptors (Lipinski definition) is 4. The van der Waals surface area contributed by atoms with Crippen LogP contribution >= 0.6 is 0 Å². The number of rotatable bonds is 5. The minimum atomic E-state index is -0.222. The van der Waals surface area contributed by atoms with Crippen molar-refractivity contribution in [2.75, 3.05) is 31.5 Å². The van der Waals surface area contributed by atoms with Gasteiger partial charge in [0.25, 0.3) is 0 Å². The molecule has 0 spiro atoms. The highest BCUT2D eigenvalue weighted by Crippen LogP contribution is 2.17. The fourth-order valence-electron chi connectivity index (χ4n) is 2.93. The Bertz CT molecular complexity index is 593. The molecule has 6 nitrogen and oxygen atoms in total. The summed E-state index contributed by atoms with van der Waals surface area (Å²) < 4.78 is 5.65. The van der Waals surface area contributed by atoms with E-state index in [1.807, 2.05) is 45.9 Å². The normalized spacial score (nSPS) is 21.3. The molecule has 0 unspecified atom stereocenters. The van der Waals surface area contributed by atoms with Gasteiger partial charge < -0.3 is 15.4 Å². The van der Waals surface area contributed by atoms with Crippen molar-refractivity contribution in [2.45, 2.75) is 39.9 Å². The third kappa shape index (κ3) is 5.32. The third-order valence-corrected chi connectivity index (χ3v) is 4.19. The van der Waals surface area contributed by atoms with Crippen LogP contribution in [0.3, 0.4) is 0 Å². The Morgan fingerprint density at radius 2 is 1.83 bits per heavy atom. The standard InChI is InChI=1S/C18H27N3O3/c1-12-6-5-7-16(15(12)4)20-17(22)8-19-18(23)11-21-9-13(2)24-14(3)10-21/h5-7,13-14H,8-11H2,1-4H3,(H,19,23)(H,20,22)/t13-,14-/m0/s1. The van der Waals surface area contributed by atoms with Gasteiger partial charge in [0.2, 0.25) is 11.8 Å². The third-order valence-electron chi connectivity index (χ3n) is 4.19. The minimum absolute atomic E-state index is 0.0261. The van der Waals surface area contributed by atoms with Crippen molar-refractivity contribution in [3.8, 4) is 0 Å². The molecule has 0 aromatic heterocycles. The predicted octanol–water partition coefficient (Wildman–Crippen LogP) is 1.47. The molecule has 2 N–H and O–H groups in total. The number of nitrogens with one attached hydrogen (secondary N) is 2. The van der Waals surface area contributed by atoms with Gasteiger partial charge in [-0.15, -0.1) is 0 Å². The average molecular weight is 333 g/mol. The molecule has 6 heteroatoms. The lowest BCUT2D eigenvalue weighted by Crippen LogP contribution is -2.49. The predicted molar refractivity (Wildman–Crippen MR) is 94.0 cm³/mol. The van der Waals surface area contributed by atoms with Gasteiger partial charge in [-0.05, 0) is 44.9 Å². The lowest BCUT2D eigenvalue weighted by Gasteiger charge is -2.34. The van der Waals surface area contributed by atoms with Gasteiger partial charge in [-0.1, -0.05) is 12.1 Å². The molecule has 2 atom stereocenters. The first-order valence-corrected chi connectivity index (χ1v) is 8.35. The highest BCUT2D eigenvalue weighted by atomic mass is 16.5. The van der Waals surface area contributed by atoms with Gasteiger partial charge in [-0.25, -0.2) is 0 Å². The number of anilines is 1. The molecule has 1 fully saturated rings. The maximum absolute atomic E-state index is 12.0. The molecule has 132 valence electrons. The summed E-state index contributed by atoms with van der Waals surface area (Å²) in [6, 6.07) is 5.76. The Morgan fingerprint density at radius 3 is 2.50 bits per heavy atom. The van der Waals surface area contributed by atoms with E-state index in [-0.39, 0.29) is 37.1 Å². The van der Waals surface area contributed by atoms with Crippen LogP contribution in [-0.2, 0) is 14.3 Å². The summed E-state index contributed by atoms with van der Waals surface area (Å²) in [6.07, 6.45) is 0.239. The zero-order valence-electron chi connectivity index (χ0n) is 14.9. The molecule has 1 saturated heterocycles. The van der Waals surface area contributed by atoms with E-state index in [1.54, 1.807) is 0 Å². The van der Waals surface area contributed by atoms with Crippen LogP contribution in [0.4, 0.5) is 5.69 Å². The molecule has 0 bridgehead atoms. The Morgan fingerprint density at radius 1 is 1.17 bits per heavy atom. The van der Waals surface area contributed by atoms with Crippen LogP contribution in [0.5, 0.6) is 0 Å². The van der Waals surface area contributed by atoms with Crippen molar-refractivity contribution in [2.24, 2.45) is 0 Å². The van der Waals surface area contributed by atoms with E-state index in [0.717, 1.165) is 29.9 Å². The van der Waals surface area contributed by atoms with Crippen LogP contribution in [0, 0.1) is 13.8 Å². The highest BCUT2D eigenvalue weighted by molar-refractivity contribution is 5.95. The van der Waals surface area contributed by atoms with Crippen molar-refractivity contribution in [1.82, 2.24) is 10.2 Å². The maximum atomic E-state index is 12.0. The Labute approximate surface area is 143 Å². The van der Waals surface area contributed by atoms with E-state index in [1.165, 1.54) is 0 Å². The first kappa shape index (κ1) is 18.4. The molecule has 0 saturated carbocycles. The van der Waals surface area contributed by atoms with Crippen molar-refractivity contribution in [1.29, 1.82) is 0 Å². The number of amides is 2. The molecular formula is C18H27N3O3. The fourth-order valence-corrected chi connectivity index (χ4v) is 2.93. The summed E-state index contributed by atoms with van der Waals surface area (Å²) in [4.78, 5) is 26.1. The lowest BCUT2D eigenvalue weighted by molar-refractivity contribution is -0.128. The number of aryl methyl sites for hydroxylation is 1. The van der Waals surface area contributed by atoms with Gasteiger partial charge in [0.15, 0.2) is 0 Å². The van der Waals surface area contributed by atoms with Crippen LogP contribution in [0.2, 0.25) is 0 Å². The summed E-state index contributed by atoms with van der Waals surface area (Å²) >= 11 is 0. The molecule has 1 heterocycles. The van der Waals surface area contributed by atoms with Gasteiger partial charge in [-0.2, -0.15) is 0 Å². The molecule has 2 rings (SSSR count). The van der Waals surface area contributed by atoms with Crippen LogP contribution in [0.1, 0.15) is 25.0 Å². The summed E-state index contributed by atoms with van der Waals surface area (Å²) in [7, 11) is 0. The number of ether oxygens (including phenoxy) is 1. The summed E-state index contributed by atoms with van der Waals surface area (Å²) in [5.74, 6) is -0.367. The zero-order chi connectivity index (χ0) is 17.7. The van der Waals surface area contributed by atoms with Gasteiger partial charge >= 0.3 is 0 Å². The molecule has 1 aliphatic rings. The van der Waals surface area contributed by atoms with Crippen molar-refractivity contribution >= 4 is 17.5 Å². The van der Waals surface area contributed by atoms with Gasteiger partial charge in [-0.3, -0.25) is 14.5 Å². The van der Waals surface area contributed by atoms with E-state index in [2.05, 4.69) is 15.5 Å². The quantitative estimate of drug-likeness (QED) is 0.856. The van der Waals surface area contributed by atoms with Crippen molar-refractivity contribution in [3.63, 3.8) is 0 Å². The smallest absolute Gasteiger partial charge is 0.243 e. The number of morpholine rings is 1. The second kappa shape index (κ2) is 8.26. The van der Waals surface area contributed by atoms with Gasteiger partial charge in [0.1, 0.15) is 0 Å². The molecule has 0 radical (unpaired) electrons. The van der Waals surface area contributed by atoms with Crippen molar-refractivity contribution in [3.05, 3.63) is 29.3 Å². The molecular weight excluding hydrogens is 306 g/mol. The van der Waals surface area contributed by atoms with Crippen LogP contribution in [0.25, 0.3) is 0 Å². The molecule has 1 aromatic carbocycles. The van der Waals surface area contributed by atoms with Crippen LogP contribution in [-0.4, -0.2) is 55.1 Å². The molecule has 2 amide bonds. The number of hydrogen-bond donors (Lipinski definition) is 2. The number of carbonyl (C=O) groups excluding carboxylic acids is 2. The number of benzene rings is 1. The largest absolute Gasteiger partial charge is 0.373 e. The van der Waals surface area contributed by atoms with Crippen LogP contribution in [0.15, 0.2) is 18.2 Å². The van der Waals surface area contributed by atoms with E-state index >= 15 is 0 Å². The maximum Gasteiger partial charge on any atom is 0.243 e. The number of carbonyl (C=O) groups is 2. The first-order chi connectivity index (χ1) is 11.3. The average Bonchev–Trinajstić information content (AvgIpc) is 2.49. The number of nitrogens with zero attached hydrogens (tertiary/aromatic N) is 1. The Balaban J connectivity index is 1.77. The SMILES string of the molecule is Cc1cccc(NC(=O)CNC(=O)CN2C[C@H](C)O[C@@H](C)C2)c1C.